The molecule has 4 nitrogen and oxygen atoms in total. The fourth-order valence-corrected chi connectivity index (χ4v) is 4.67. The lowest BCUT2D eigenvalue weighted by atomic mass is 9.75. The average molecular weight is 356 g/mol. The minimum atomic E-state index is 0.162. The predicted molar refractivity (Wildman–Crippen MR) is 98.9 cm³/mol. The van der Waals surface area contributed by atoms with E-state index >= 15 is 0 Å². The Hall–Kier alpha value is -1.88. The summed E-state index contributed by atoms with van der Waals surface area (Å²) in [5.41, 5.74) is 3.49. The van der Waals surface area contributed by atoms with Crippen molar-refractivity contribution in [1.82, 2.24) is 9.88 Å². The van der Waals surface area contributed by atoms with Crippen molar-refractivity contribution in [2.24, 2.45) is 11.8 Å². The lowest BCUT2D eigenvalue weighted by Crippen LogP contribution is -2.44. The Kier molecular flexibility index (Phi) is 5.02. The SMILES string of the molecule is O=C(c1ccc(OCc2cscn2)cc1)N1CC[C@H]2CCCC[C@H]2C1. The van der Waals surface area contributed by atoms with E-state index in [2.05, 4.69) is 9.88 Å². The van der Waals surface area contributed by atoms with Crippen molar-refractivity contribution in [1.29, 1.82) is 0 Å². The zero-order valence-electron chi connectivity index (χ0n) is 14.4. The fourth-order valence-electron chi connectivity index (χ4n) is 4.13. The van der Waals surface area contributed by atoms with Crippen molar-refractivity contribution in [3.63, 3.8) is 0 Å². The highest BCUT2D eigenvalue weighted by Gasteiger charge is 2.33. The zero-order valence-corrected chi connectivity index (χ0v) is 15.2. The topological polar surface area (TPSA) is 42.4 Å². The standard InChI is InChI=1S/C20H24N2O2S/c23-20(22-10-9-15-3-1-2-4-17(15)11-22)16-5-7-19(8-6-16)24-12-18-13-25-14-21-18/h5-8,13-15,17H,1-4,9-12H2/t15-,17+/m1/s1. The molecule has 1 aromatic heterocycles. The van der Waals surface area contributed by atoms with Gasteiger partial charge >= 0.3 is 0 Å². The lowest BCUT2D eigenvalue weighted by molar-refractivity contribution is 0.0521. The van der Waals surface area contributed by atoms with Crippen LogP contribution < -0.4 is 4.74 Å². The van der Waals surface area contributed by atoms with Gasteiger partial charge in [-0.1, -0.05) is 19.3 Å². The first-order chi connectivity index (χ1) is 12.3. The Balaban J connectivity index is 1.35. The molecule has 0 bridgehead atoms. The van der Waals surface area contributed by atoms with Crippen LogP contribution in [-0.4, -0.2) is 28.9 Å². The molecule has 132 valence electrons. The number of aromatic nitrogens is 1. The lowest BCUT2D eigenvalue weighted by Gasteiger charge is -2.41. The molecule has 2 fully saturated rings. The first-order valence-electron chi connectivity index (χ1n) is 9.19. The molecule has 1 aromatic carbocycles. The van der Waals surface area contributed by atoms with Gasteiger partial charge in [0.2, 0.25) is 0 Å². The molecule has 0 unspecified atom stereocenters. The molecule has 1 amide bonds. The Labute approximate surface area is 152 Å². The molecule has 2 aliphatic rings. The molecule has 1 aliphatic carbocycles. The largest absolute Gasteiger partial charge is 0.487 e. The minimum Gasteiger partial charge on any atom is -0.487 e. The Bertz CT molecular complexity index is 699. The van der Waals surface area contributed by atoms with Gasteiger partial charge in [-0.25, -0.2) is 4.98 Å². The van der Waals surface area contributed by atoms with Crippen molar-refractivity contribution >= 4 is 17.2 Å². The highest BCUT2D eigenvalue weighted by molar-refractivity contribution is 7.07. The van der Waals surface area contributed by atoms with E-state index in [9.17, 15) is 4.79 Å². The van der Waals surface area contributed by atoms with Crippen LogP contribution in [0.15, 0.2) is 35.2 Å². The number of ether oxygens (including phenoxy) is 1. The highest BCUT2D eigenvalue weighted by atomic mass is 32.1. The third-order valence-electron chi connectivity index (χ3n) is 5.55. The van der Waals surface area contributed by atoms with Gasteiger partial charge in [0.05, 0.1) is 11.2 Å². The van der Waals surface area contributed by atoms with Crippen molar-refractivity contribution < 1.29 is 9.53 Å². The highest BCUT2D eigenvalue weighted by Crippen LogP contribution is 2.36. The van der Waals surface area contributed by atoms with Crippen LogP contribution >= 0.6 is 11.3 Å². The number of likely N-dealkylation sites (tertiary alicyclic amines) is 1. The summed E-state index contributed by atoms with van der Waals surface area (Å²) in [6, 6.07) is 7.53. The van der Waals surface area contributed by atoms with E-state index in [0.29, 0.717) is 12.5 Å². The summed E-state index contributed by atoms with van der Waals surface area (Å²) in [5, 5.41) is 1.98. The number of rotatable bonds is 4. The number of amides is 1. The number of nitrogens with zero attached hydrogens (tertiary/aromatic N) is 2. The van der Waals surface area contributed by atoms with Crippen molar-refractivity contribution in [3.8, 4) is 5.75 Å². The molecular formula is C20H24N2O2S. The van der Waals surface area contributed by atoms with Crippen LogP contribution in [0.4, 0.5) is 0 Å². The summed E-state index contributed by atoms with van der Waals surface area (Å²) in [7, 11) is 0. The predicted octanol–water partition coefficient (Wildman–Crippen LogP) is 4.37. The summed E-state index contributed by atoms with van der Waals surface area (Å²) < 4.78 is 5.72. The van der Waals surface area contributed by atoms with Gasteiger partial charge in [-0.05, 0) is 48.9 Å². The maximum Gasteiger partial charge on any atom is 0.253 e. The van der Waals surface area contributed by atoms with E-state index in [1.54, 1.807) is 16.8 Å². The Morgan fingerprint density at radius 3 is 2.72 bits per heavy atom. The average Bonchev–Trinajstić information content (AvgIpc) is 3.19. The second kappa shape index (κ2) is 7.56. The van der Waals surface area contributed by atoms with Crippen LogP contribution in [-0.2, 0) is 6.61 Å². The molecule has 25 heavy (non-hydrogen) atoms. The Morgan fingerprint density at radius 2 is 1.96 bits per heavy atom. The van der Waals surface area contributed by atoms with Gasteiger partial charge in [-0.3, -0.25) is 4.79 Å². The molecule has 2 heterocycles. The first kappa shape index (κ1) is 16.6. The molecule has 4 rings (SSSR count). The first-order valence-corrected chi connectivity index (χ1v) is 10.1. The van der Waals surface area contributed by atoms with Crippen LogP contribution in [0.3, 0.4) is 0 Å². The number of benzene rings is 1. The van der Waals surface area contributed by atoms with Gasteiger partial charge in [0, 0.05) is 24.0 Å². The molecule has 0 N–H and O–H groups in total. The maximum atomic E-state index is 12.8. The van der Waals surface area contributed by atoms with Crippen LogP contribution in [0.5, 0.6) is 5.75 Å². The molecule has 1 saturated heterocycles. The smallest absolute Gasteiger partial charge is 0.253 e. The van der Waals surface area contributed by atoms with Gasteiger partial charge in [0.25, 0.3) is 5.91 Å². The summed E-state index contributed by atoms with van der Waals surface area (Å²) in [4.78, 5) is 19.1. The summed E-state index contributed by atoms with van der Waals surface area (Å²) in [5.74, 6) is 2.50. The number of fused-ring (bicyclic) bond motifs is 1. The van der Waals surface area contributed by atoms with Gasteiger partial charge in [0.1, 0.15) is 12.4 Å². The van der Waals surface area contributed by atoms with Crippen LogP contribution in [0, 0.1) is 11.8 Å². The summed E-state index contributed by atoms with van der Waals surface area (Å²) in [6.07, 6.45) is 6.52. The number of carbonyl (C=O) groups is 1. The number of carbonyl (C=O) groups excluding carboxylic acids is 1. The van der Waals surface area contributed by atoms with E-state index in [-0.39, 0.29) is 5.91 Å². The molecule has 1 aliphatic heterocycles. The molecule has 0 spiro atoms. The van der Waals surface area contributed by atoms with Gasteiger partial charge in [-0.2, -0.15) is 0 Å². The number of thiazole rings is 1. The van der Waals surface area contributed by atoms with E-state index < -0.39 is 0 Å². The van der Waals surface area contributed by atoms with E-state index in [4.69, 9.17) is 4.74 Å². The summed E-state index contributed by atoms with van der Waals surface area (Å²) in [6.45, 7) is 2.31. The third kappa shape index (κ3) is 3.87. The maximum absolute atomic E-state index is 12.8. The van der Waals surface area contributed by atoms with E-state index in [1.165, 1.54) is 32.1 Å². The van der Waals surface area contributed by atoms with Gasteiger partial charge in [0.15, 0.2) is 0 Å². The van der Waals surface area contributed by atoms with E-state index in [0.717, 1.165) is 36.0 Å². The van der Waals surface area contributed by atoms with Gasteiger partial charge in [-0.15, -0.1) is 11.3 Å². The van der Waals surface area contributed by atoms with E-state index in [1.807, 2.05) is 29.6 Å². The second-order valence-corrected chi connectivity index (χ2v) is 7.86. The molecule has 2 aromatic rings. The van der Waals surface area contributed by atoms with Crippen molar-refractivity contribution in [2.45, 2.75) is 38.7 Å². The van der Waals surface area contributed by atoms with Crippen LogP contribution in [0.1, 0.15) is 48.2 Å². The van der Waals surface area contributed by atoms with Crippen LogP contribution in [0.25, 0.3) is 0 Å². The quantitative estimate of drug-likeness (QED) is 0.817. The molecular weight excluding hydrogens is 332 g/mol. The molecule has 1 saturated carbocycles. The third-order valence-corrected chi connectivity index (χ3v) is 6.19. The molecule has 2 atom stereocenters. The van der Waals surface area contributed by atoms with Crippen molar-refractivity contribution in [3.05, 3.63) is 46.4 Å². The van der Waals surface area contributed by atoms with Gasteiger partial charge < -0.3 is 9.64 Å². The summed E-state index contributed by atoms with van der Waals surface area (Å²) >= 11 is 1.56. The fraction of sp³-hybridized carbons (Fsp3) is 0.500. The number of hydrogen-bond acceptors (Lipinski definition) is 4. The minimum absolute atomic E-state index is 0.162. The molecule has 0 radical (unpaired) electrons. The molecule has 5 heteroatoms. The number of piperidine rings is 1. The normalized spacial score (nSPS) is 23.1. The Morgan fingerprint density at radius 1 is 1.16 bits per heavy atom. The second-order valence-electron chi connectivity index (χ2n) is 7.14. The van der Waals surface area contributed by atoms with Crippen molar-refractivity contribution in [2.75, 3.05) is 13.1 Å². The number of hydrogen-bond donors (Lipinski definition) is 0. The monoisotopic (exact) mass is 356 g/mol. The van der Waals surface area contributed by atoms with Crippen LogP contribution in [0.2, 0.25) is 0 Å². The zero-order chi connectivity index (χ0) is 17.1.